The summed E-state index contributed by atoms with van der Waals surface area (Å²) in [5.74, 6) is 1.26. The molecule has 0 aliphatic heterocycles. The fraction of sp³-hybridized carbons (Fsp3) is 0.417. The maximum atomic E-state index is 9.03. The zero-order valence-corrected chi connectivity index (χ0v) is 10.4. The summed E-state index contributed by atoms with van der Waals surface area (Å²) in [7, 11) is 0. The van der Waals surface area contributed by atoms with E-state index in [4.69, 9.17) is 9.78 Å². The van der Waals surface area contributed by atoms with Crippen molar-refractivity contribution in [2.24, 2.45) is 11.3 Å². The van der Waals surface area contributed by atoms with E-state index in [2.05, 4.69) is 30.1 Å². The van der Waals surface area contributed by atoms with Crippen LogP contribution in [-0.2, 0) is 0 Å². The van der Waals surface area contributed by atoms with Gasteiger partial charge in [-0.1, -0.05) is 19.0 Å². The highest BCUT2D eigenvalue weighted by Gasteiger charge is 2.62. The Hall–Kier alpha value is -1.67. The molecule has 0 saturated heterocycles. The summed E-state index contributed by atoms with van der Waals surface area (Å²) in [5.41, 5.74) is 0.921. The van der Waals surface area contributed by atoms with Gasteiger partial charge in [-0.05, 0) is 16.9 Å². The van der Waals surface area contributed by atoms with Gasteiger partial charge in [0.2, 0.25) is 11.7 Å². The van der Waals surface area contributed by atoms with Crippen molar-refractivity contribution in [2.45, 2.75) is 19.8 Å². The van der Waals surface area contributed by atoms with E-state index in [0.29, 0.717) is 11.7 Å². The monoisotopic (exact) mass is 245 g/mol. The highest BCUT2D eigenvalue weighted by atomic mass is 32.1. The maximum Gasteiger partial charge on any atom is 0.232 e. The second kappa shape index (κ2) is 3.41. The fourth-order valence-corrected chi connectivity index (χ4v) is 2.84. The molecule has 2 heterocycles. The number of thiophene rings is 1. The molecule has 1 saturated carbocycles. The lowest BCUT2D eigenvalue weighted by molar-refractivity contribution is 0.368. The molecule has 2 aromatic rings. The van der Waals surface area contributed by atoms with E-state index in [1.165, 1.54) is 0 Å². The van der Waals surface area contributed by atoms with Gasteiger partial charge in [0.1, 0.15) is 0 Å². The summed E-state index contributed by atoms with van der Waals surface area (Å²) in [6, 6.07) is 4.25. The van der Waals surface area contributed by atoms with Crippen molar-refractivity contribution in [1.82, 2.24) is 10.1 Å². The number of hydrogen-bond acceptors (Lipinski definition) is 5. The Morgan fingerprint density at radius 3 is 2.94 bits per heavy atom. The summed E-state index contributed by atoms with van der Waals surface area (Å²) < 4.78 is 5.27. The van der Waals surface area contributed by atoms with Crippen molar-refractivity contribution in [1.29, 1.82) is 5.26 Å². The predicted molar refractivity (Wildman–Crippen MR) is 63.2 cm³/mol. The van der Waals surface area contributed by atoms with Crippen molar-refractivity contribution in [3.05, 3.63) is 22.7 Å². The SMILES string of the molecule is CC1(C)C(C#N)C1c1nc(-c2ccsc2)no1. The third kappa shape index (κ3) is 1.48. The molecule has 2 unspecified atom stereocenters. The van der Waals surface area contributed by atoms with Crippen molar-refractivity contribution in [3.8, 4) is 17.5 Å². The van der Waals surface area contributed by atoms with Gasteiger partial charge in [-0.25, -0.2) is 0 Å². The standard InChI is InChI=1S/C12H11N3OS/c1-12(2)8(5-13)9(12)11-14-10(15-16-11)7-3-4-17-6-7/h3-4,6,8-9H,1-2H3. The molecular formula is C12H11N3OS. The van der Waals surface area contributed by atoms with E-state index in [9.17, 15) is 0 Å². The van der Waals surface area contributed by atoms with Crippen LogP contribution in [0.5, 0.6) is 0 Å². The first-order chi connectivity index (χ1) is 8.14. The molecule has 1 aliphatic rings. The van der Waals surface area contributed by atoms with Gasteiger partial charge in [-0.3, -0.25) is 0 Å². The van der Waals surface area contributed by atoms with Crippen LogP contribution in [0.2, 0.25) is 0 Å². The first kappa shape index (κ1) is 10.5. The van der Waals surface area contributed by atoms with Crippen LogP contribution in [0.3, 0.4) is 0 Å². The van der Waals surface area contributed by atoms with Gasteiger partial charge in [-0.2, -0.15) is 21.6 Å². The van der Waals surface area contributed by atoms with E-state index in [1.807, 2.05) is 16.8 Å². The van der Waals surface area contributed by atoms with Crippen molar-refractivity contribution in [2.75, 3.05) is 0 Å². The number of aromatic nitrogens is 2. The van der Waals surface area contributed by atoms with Crippen LogP contribution in [0.1, 0.15) is 25.7 Å². The largest absolute Gasteiger partial charge is 0.339 e. The van der Waals surface area contributed by atoms with Crippen LogP contribution in [0.4, 0.5) is 0 Å². The smallest absolute Gasteiger partial charge is 0.232 e. The Bertz CT molecular complexity index is 579. The first-order valence-corrected chi connectivity index (χ1v) is 6.34. The summed E-state index contributed by atoms with van der Waals surface area (Å²) in [4.78, 5) is 4.39. The van der Waals surface area contributed by atoms with Gasteiger partial charge in [-0.15, -0.1) is 0 Å². The minimum absolute atomic E-state index is 0.0155. The molecule has 86 valence electrons. The number of rotatable bonds is 2. The third-order valence-corrected chi connectivity index (χ3v) is 4.14. The molecule has 3 rings (SSSR count). The molecule has 1 aliphatic carbocycles. The van der Waals surface area contributed by atoms with Crippen LogP contribution in [0, 0.1) is 22.7 Å². The Kier molecular flexibility index (Phi) is 2.10. The Labute approximate surface area is 103 Å². The minimum atomic E-state index is -0.0484. The van der Waals surface area contributed by atoms with Gasteiger partial charge in [0.05, 0.1) is 17.9 Å². The highest BCUT2D eigenvalue weighted by molar-refractivity contribution is 7.08. The molecule has 2 atom stereocenters. The van der Waals surface area contributed by atoms with E-state index >= 15 is 0 Å². The Morgan fingerprint density at radius 1 is 1.53 bits per heavy atom. The topological polar surface area (TPSA) is 62.7 Å². The number of nitriles is 1. The highest BCUT2D eigenvalue weighted by Crippen LogP contribution is 2.63. The van der Waals surface area contributed by atoms with Crippen molar-refractivity contribution >= 4 is 11.3 Å². The molecule has 0 bridgehead atoms. The molecule has 5 heteroatoms. The second-order valence-electron chi connectivity index (χ2n) is 4.87. The summed E-state index contributed by atoms with van der Waals surface area (Å²) in [6.07, 6.45) is 0. The molecule has 0 N–H and O–H groups in total. The lowest BCUT2D eigenvalue weighted by Crippen LogP contribution is -1.90. The second-order valence-corrected chi connectivity index (χ2v) is 5.65. The zero-order valence-electron chi connectivity index (χ0n) is 9.54. The molecule has 0 spiro atoms. The lowest BCUT2D eigenvalue weighted by Gasteiger charge is -1.95. The summed E-state index contributed by atoms with van der Waals surface area (Å²) >= 11 is 1.60. The maximum absolute atomic E-state index is 9.03. The van der Waals surface area contributed by atoms with E-state index in [1.54, 1.807) is 11.3 Å². The molecule has 17 heavy (non-hydrogen) atoms. The van der Waals surface area contributed by atoms with Crippen LogP contribution in [0.25, 0.3) is 11.4 Å². The summed E-state index contributed by atoms with van der Waals surface area (Å²) in [6.45, 7) is 4.11. The molecule has 4 nitrogen and oxygen atoms in total. The lowest BCUT2D eigenvalue weighted by atomic mass is 10.1. The normalized spacial score (nSPS) is 25.5. The Morgan fingerprint density at radius 2 is 2.35 bits per heavy atom. The van der Waals surface area contributed by atoms with Crippen molar-refractivity contribution in [3.63, 3.8) is 0 Å². The van der Waals surface area contributed by atoms with Crippen LogP contribution < -0.4 is 0 Å². The molecule has 0 aromatic carbocycles. The molecular weight excluding hydrogens is 234 g/mol. The molecule has 0 radical (unpaired) electrons. The molecule has 2 aromatic heterocycles. The van der Waals surface area contributed by atoms with Crippen LogP contribution in [-0.4, -0.2) is 10.1 Å². The van der Waals surface area contributed by atoms with E-state index < -0.39 is 0 Å². The van der Waals surface area contributed by atoms with Gasteiger partial charge in [0.15, 0.2) is 0 Å². The third-order valence-electron chi connectivity index (χ3n) is 3.45. The van der Waals surface area contributed by atoms with Crippen LogP contribution >= 0.6 is 11.3 Å². The van der Waals surface area contributed by atoms with Crippen molar-refractivity contribution < 1.29 is 4.52 Å². The Balaban J connectivity index is 1.91. The summed E-state index contributed by atoms with van der Waals surface area (Å²) in [5, 5.41) is 16.9. The minimum Gasteiger partial charge on any atom is -0.339 e. The fourth-order valence-electron chi connectivity index (χ4n) is 2.21. The quantitative estimate of drug-likeness (QED) is 0.815. The van der Waals surface area contributed by atoms with Gasteiger partial charge < -0.3 is 4.52 Å². The number of nitrogens with zero attached hydrogens (tertiary/aromatic N) is 3. The average molecular weight is 245 g/mol. The van der Waals surface area contributed by atoms with Gasteiger partial charge in [0, 0.05) is 10.9 Å². The first-order valence-electron chi connectivity index (χ1n) is 5.40. The average Bonchev–Trinajstić information content (AvgIpc) is 2.79. The van der Waals surface area contributed by atoms with Gasteiger partial charge >= 0.3 is 0 Å². The molecule has 0 amide bonds. The number of hydrogen-bond donors (Lipinski definition) is 0. The van der Waals surface area contributed by atoms with E-state index in [0.717, 1.165) is 5.56 Å². The predicted octanol–water partition coefficient (Wildman–Crippen LogP) is 3.06. The van der Waals surface area contributed by atoms with E-state index in [-0.39, 0.29) is 17.3 Å². The van der Waals surface area contributed by atoms with Crippen LogP contribution in [0.15, 0.2) is 21.3 Å². The zero-order chi connectivity index (χ0) is 12.0. The molecule has 1 fully saturated rings. The van der Waals surface area contributed by atoms with Gasteiger partial charge in [0.25, 0.3) is 0 Å².